The maximum absolute atomic E-state index is 12.5. The number of carbonyl (C=O) groups excluding carboxylic acids is 1. The van der Waals surface area contributed by atoms with Crippen LogP contribution >= 0.6 is 11.3 Å². The van der Waals surface area contributed by atoms with Crippen LogP contribution in [0.4, 0.5) is 21.6 Å². The summed E-state index contributed by atoms with van der Waals surface area (Å²) in [6.45, 7) is 1.49. The van der Waals surface area contributed by atoms with E-state index in [1.807, 2.05) is 24.3 Å². The number of nitrogens with two attached hydrogens (primary N) is 1. The largest absolute Gasteiger partial charge is 0.374 e. The molecule has 1 aromatic carbocycles. The minimum Gasteiger partial charge on any atom is -0.374 e. The molecular weight excluding hydrogens is 300 g/mol. The summed E-state index contributed by atoms with van der Waals surface area (Å²) in [4.78, 5) is 14.7. The van der Waals surface area contributed by atoms with Crippen LogP contribution < -0.4 is 21.3 Å². The number of hydrogen-bond acceptors (Lipinski definition) is 7. The van der Waals surface area contributed by atoms with E-state index in [-0.39, 0.29) is 5.91 Å². The second kappa shape index (κ2) is 4.84. The van der Waals surface area contributed by atoms with Gasteiger partial charge < -0.3 is 21.3 Å². The molecule has 0 atom stereocenters. The van der Waals surface area contributed by atoms with Crippen LogP contribution in [0.3, 0.4) is 0 Å². The molecule has 1 saturated heterocycles. The average molecular weight is 316 g/mol. The lowest BCUT2D eigenvalue weighted by atomic mass is 9.84. The Morgan fingerprint density at radius 1 is 1.18 bits per heavy atom. The van der Waals surface area contributed by atoms with Gasteiger partial charge in [-0.2, -0.15) is 0 Å². The number of para-hydroxylation sites is 2. The fourth-order valence-electron chi connectivity index (χ4n) is 3.04. The molecule has 114 valence electrons. The molecule has 8 heteroatoms. The third-order valence-corrected chi connectivity index (χ3v) is 5.11. The lowest BCUT2D eigenvalue weighted by molar-refractivity contribution is -0.121. The molecule has 0 radical (unpaired) electrons. The second-order valence-corrected chi connectivity index (χ2v) is 6.60. The van der Waals surface area contributed by atoms with Gasteiger partial charge in [0, 0.05) is 13.1 Å². The van der Waals surface area contributed by atoms with Crippen molar-refractivity contribution in [2.24, 2.45) is 0 Å². The van der Waals surface area contributed by atoms with Crippen LogP contribution in [0.5, 0.6) is 0 Å². The first-order chi connectivity index (χ1) is 10.7. The fraction of sp³-hybridized carbons (Fsp3) is 0.357. The molecule has 0 unspecified atom stereocenters. The molecule has 1 amide bonds. The molecule has 2 aliphatic heterocycles. The van der Waals surface area contributed by atoms with Crippen LogP contribution in [0, 0.1) is 0 Å². The van der Waals surface area contributed by atoms with Crippen LogP contribution in [-0.2, 0) is 4.79 Å². The maximum Gasteiger partial charge on any atom is 0.250 e. The summed E-state index contributed by atoms with van der Waals surface area (Å²) >= 11 is 1.38. The molecule has 3 heterocycles. The van der Waals surface area contributed by atoms with E-state index in [2.05, 4.69) is 25.7 Å². The van der Waals surface area contributed by atoms with Crippen LogP contribution in [0.25, 0.3) is 0 Å². The highest BCUT2D eigenvalue weighted by molar-refractivity contribution is 7.18. The van der Waals surface area contributed by atoms with Crippen molar-refractivity contribution in [2.45, 2.75) is 18.4 Å². The lowest BCUT2D eigenvalue weighted by Gasteiger charge is -2.44. The van der Waals surface area contributed by atoms with Gasteiger partial charge in [0.25, 0.3) is 0 Å². The van der Waals surface area contributed by atoms with Crippen molar-refractivity contribution < 1.29 is 4.79 Å². The van der Waals surface area contributed by atoms with Crippen molar-refractivity contribution in [2.75, 3.05) is 34.4 Å². The smallest absolute Gasteiger partial charge is 0.250 e. The predicted octanol–water partition coefficient (Wildman–Crippen LogP) is 1.52. The second-order valence-electron chi connectivity index (χ2n) is 5.62. The number of anilines is 4. The summed E-state index contributed by atoms with van der Waals surface area (Å²) in [6.07, 6.45) is 1.43. The summed E-state index contributed by atoms with van der Waals surface area (Å²) in [5.74, 6) is 0.0441. The highest BCUT2D eigenvalue weighted by Gasteiger charge is 2.44. The third kappa shape index (κ3) is 2.07. The third-order valence-electron chi connectivity index (χ3n) is 4.30. The summed E-state index contributed by atoms with van der Waals surface area (Å²) < 4.78 is 0. The average Bonchev–Trinajstić information content (AvgIpc) is 2.96. The molecule has 1 spiro atoms. The van der Waals surface area contributed by atoms with E-state index in [0.29, 0.717) is 18.0 Å². The molecule has 1 fully saturated rings. The van der Waals surface area contributed by atoms with Gasteiger partial charge in [-0.05, 0) is 25.0 Å². The van der Waals surface area contributed by atoms with Crippen molar-refractivity contribution in [1.82, 2.24) is 10.2 Å². The van der Waals surface area contributed by atoms with E-state index >= 15 is 0 Å². The number of aromatic nitrogens is 2. The van der Waals surface area contributed by atoms with Crippen LogP contribution in [0.1, 0.15) is 12.8 Å². The number of nitrogens with one attached hydrogen (secondary N) is 2. The Morgan fingerprint density at radius 3 is 2.59 bits per heavy atom. The van der Waals surface area contributed by atoms with Gasteiger partial charge in [-0.15, -0.1) is 10.2 Å². The maximum atomic E-state index is 12.5. The standard InChI is InChI=1S/C14H16N6OS/c15-12-18-19-13(22-12)20-7-5-14(6-8-20)11(21)16-9-3-1-2-4-10(9)17-14/h1-4,17H,5-8H2,(H2,15,18)(H,16,21). The van der Waals surface area contributed by atoms with Gasteiger partial charge in [0.1, 0.15) is 5.54 Å². The number of nitrogen functional groups attached to an aromatic ring is 1. The number of nitrogens with zero attached hydrogens (tertiary/aromatic N) is 3. The van der Waals surface area contributed by atoms with Gasteiger partial charge in [0.2, 0.25) is 16.2 Å². The predicted molar refractivity (Wildman–Crippen MR) is 87.2 cm³/mol. The van der Waals surface area contributed by atoms with Gasteiger partial charge in [-0.25, -0.2) is 0 Å². The molecule has 0 bridgehead atoms. The molecule has 0 saturated carbocycles. The van der Waals surface area contributed by atoms with Crippen molar-refractivity contribution >= 4 is 38.9 Å². The Balaban J connectivity index is 1.54. The van der Waals surface area contributed by atoms with Crippen molar-refractivity contribution in [3.05, 3.63) is 24.3 Å². The molecule has 4 rings (SSSR count). The zero-order valence-electron chi connectivity index (χ0n) is 11.9. The van der Waals surface area contributed by atoms with E-state index in [1.165, 1.54) is 11.3 Å². The van der Waals surface area contributed by atoms with E-state index < -0.39 is 5.54 Å². The molecular formula is C14H16N6OS. The van der Waals surface area contributed by atoms with Crippen LogP contribution in [0.15, 0.2) is 24.3 Å². The summed E-state index contributed by atoms with van der Waals surface area (Å²) in [7, 11) is 0. The monoisotopic (exact) mass is 316 g/mol. The van der Waals surface area contributed by atoms with Gasteiger partial charge in [0.05, 0.1) is 11.4 Å². The van der Waals surface area contributed by atoms with Gasteiger partial charge >= 0.3 is 0 Å². The molecule has 1 aromatic heterocycles. The zero-order chi connectivity index (χ0) is 15.2. The number of benzene rings is 1. The molecule has 2 aliphatic rings. The van der Waals surface area contributed by atoms with Gasteiger partial charge in [-0.3, -0.25) is 4.79 Å². The Bertz CT molecular complexity index is 722. The number of fused-ring (bicyclic) bond motifs is 1. The molecule has 4 N–H and O–H groups in total. The first-order valence-electron chi connectivity index (χ1n) is 7.19. The highest BCUT2D eigenvalue weighted by atomic mass is 32.1. The van der Waals surface area contributed by atoms with E-state index in [1.54, 1.807) is 0 Å². The van der Waals surface area contributed by atoms with E-state index in [4.69, 9.17) is 5.73 Å². The van der Waals surface area contributed by atoms with Crippen LogP contribution in [0.2, 0.25) is 0 Å². The first-order valence-corrected chi connectivity index (χ1v) is 8.01. The molecule has 0 aliphatic carbocycles. The Morgan fingerprint density at radius 2 is 1.91 bits per heavy atom. The normalized spacial score (nSPS) is 19.5. The van der Waals surface area contributed by atoms with Crippen molar-refractivity contribution in [3.63, 3.8) is 0 Å². The van der Waals surface area contributed by atoms with E-state index in [9.17, 15) is 4.79 Å². The van der Waals surface area contributed by atoms with E-state index in [0.717, 1.165) is 29.6 Å². The van der Waals surface area contributed by atoms with Gasteiger partial charge in [0.15, 0.2) is 0 Å². The Kier molecular flexibility index (Phi) is 2.93. The first kappa shape index (κ1) is 13.3. The summed E-state index contributed by atoms with van der Waals surface area (Å²) in [5, 5.41) is 15.7. The molecule has 2 aromatic rings. The number of piperidine rings is 1. The topological polar surface area (TPSA) is 96.2 Å². The fourth-order valence-corrected chi connectivity index (χ4v) is 3.71. The molecule has 7 nitrogen and oxygen atoms in total. The number of rotatable bonds is 1. The lowest BCUT2D eigenvalue weighted by Crippen LogP contribution is -2.58. The number of amides is 1. The molecule has 22 heavy (non-hydrogen) atoms. The Hall–Kier alpha value is -2.35. The zero-order valence-corrected chi connectivity index (χ0v) is 12.7. The highest BCUT2D eigenvalue weighted by Crippen LogP contribution is 2.37. The van der Waals surface area contributed by atoms with Gasteiger partial charge in [-0.1, -0.05) is 23.5 Å². The summed E-state index contributed by atoms with van der Waals surface area (Å²) in [5.41, 5.74) is 6.92. The van der Waals surface area contributed by atoms with Crippen molar-refractivity contribution in [3.8, 4) is 0 Å². The number of carbonyl (C=O) groups is 1. The SMILES string of the molecule is Nc1nnc(N2CCC3(CC2)Nc2ccccc2NC3=O)s1. The summed E-state index contributed by atoms with van der Waals surface area (Å²) in [6, 6.07) is 7.79. The van der Waals surface area contributed by atoms with Crippen LogP contribution in [-0.4, -0.2) is 34.7 Å². The minimum atomic E-state index is -0.541. The Labute approximate surface area is 131 Å². The van der Waals surface area contributed by atoms with Crippen molar-refractivity contribution in [1.29, 1.82) is 0 Å². The number of hydrogen-bond donors (Lipinski definition) is 3. The minimum absolute atomic E-state index is 0.0441. The quantitative estimate of drug-likeness (QED) is 0.738.